The van der Waals surface area contributed by atoms with Gasteiger partial charge in [0.25, 0.3) is 0 Å². The van der Waals surface area contributed by atoms with E-state index in [-0.39, 0.29) is 0 Å². The molecule has 0 fully saturated rings. The van der Waals surface area contributed by atoms with Crippen molar-refractivity contribution in [3.63, 3.8) is 0 Å². The Hall–Kier alpha value is -2.68. The average molecular weight is 291 g/mol. The van der Waals surface area contributed by atoms with Crippen molar-refractivity contribution in [2.24, 2.45) is 5.16 Å². The third-order valence-corrected chi connectivity index (χ3v) is 3.69. The summed E-state index contributed by atoms with van der Waals surface area (Å²) >= 11 is 0. The summed E-state index contributed by atoms with van der Waals surface area (Å²) in [5, 5.41) is 5.44. The number of benzene rings is 2. The smallest absolute Gasteiger partial charge is 0.212 e. The van der Waals surface area contributed by atoms with Gasteiger partial charge in [0.15, 0.2) is 18.5 Å². The molecule has 3 rings (SSSR count). The Morgan fingerprint density at radius 3 is 2.50 bits per heavy atom. The highest BCUT2D eigenvalue weighted by atomic mass is 16.6. The molecule has 0 unspecified atom stereocenters. The molecule has 3 heteroatoms. The highest BCUT2D eigenvalue weighted by Crippen LogP contribution is 2.10. The van der Waals surface area contributed by atoms with Crippen LogP contribution in [-0.2, 0) is 11.4 Å². The lowest BCUT2D eigenvalue weighted by molar-refractivity contribution is -0.655. The molecule has 0 radical (unpaired) electrons. The number of aryl methyl sites for hydroxylation is 1. The van der Waals surface area contributed by atoms with E-state index in [2.05, 4.69) is 83.5 Å². The maximum absolute atomic E-state index is 5.05. The van der Waals surface area contributed by atoms with Crippen molar-refractivity contribution in [1.82, 2.24) is 0 Å². The topological polar surface area (TPSA) is 25.5 Å². The number of fused-ring (bicyclic) bond motifs is 1. The van der Waals surface area contributed by atoms with Gasteiger partial charge in [0.1, 0.15) is 7.11 Å². The van der Waals surface area contributed by atoms with Crippen LogP contribution in [0.3, 0.4) is 0 Å². The molecule has 22 heavy (non-hydrogen) atoms. The molecule has 0 amide bonds. The highest BCUT2D eigenvalue weighted by Gasteiger charge is 2.14. The third-order valence-electron chi connectivity index (χ3n) is 3.69. The Morgan fingerprint density at radius 2 is 1.73 bits per heavy atom. The molecule has 0 saturated carbocycles. The number of aromatic nitrogens is 1. The molecule has 0 saturated heterocycles. The normalized spacial score (nSPS) is 11.6. The molecular formula is C19H19N2O+. The summed E-state index contributed by atoms with van der Waals surface area (Å²) in [7, 11) is 1.59. The van der Waals surface area contributed by atoms with Crippen molar-refractivity contribution in [1.29, 1.82) is 0 Å². The zero-order valence-electron chi connectivity index (χ0n) is 12.9. The van der Waals surface area contributed by atoms with Gasteiger partial charge in [-0.05, 0) is 19.1 Å². The number of para-hydroxylation sites is 1. The zero-order chi connectivity index (χ0) is 15.4. The first-order valence-corrected chi connectivity index (χ1v) is 7.32. The lowest BCUT2D eigenvalue weighted by atomic mass is 10.1. The summed E-state index contributed by atoms with van der Waals surface area (Å²) in [6.45, 7) is 2.74. The van der Waals surface area contributed by atoms with Crippen molar-refractivity contribution in [3.8, 4) is 0 Å². The van der Waals surface area contributed by atoms with Gasteiger partial charge in [-0.15, -0.1) is 0 Å². The summed E-state index contributed by atoms with van der Waals surface area (Å²) in [6.07, 6.45) is 2.07. The van der Waals surface area contributed by atoms with E-state index in [4.69, 9.17) is 4.84 Å². The van der Waals surface area contributed by atoms with E-state index in [0.717, 1.165) is 11.3 Å². The molecule has 110 valence electrons. The van der Waals surface area contributed by atoms with Crippen LogP contribution in [0.4, 0.5) is 0 Å². The van der Waals surface area contributed by atoms with Gasteiger partial charge in [-0.25, -0.2) is 0 Å². The van der Waals surface area contributed by atoms with Gasteiger partial charge >= 0.3 is 0 Å². The van der Waals surface area contributed by atoms with Crippen LogP contribution < -0.4 is 4.57 Å². The first-order chi connectivity index (χ1) is 10.8. The predicted octanol–water partition coefficient (Wildman–Crippen LogP) is 3.49. The Balaban J connectivity index is 2.00. The van der Waals surface area contributed by atoms with E-state index in [9.17, 15) is 0 Å². The van der Waals surface area contributed by atoms with Crippen molar-refractivity contribution in [3.05, 3.63) is 78.0 Å². The maximum atomic E-state index is 5.05. The fourth-order valence-electron chi connectivity index (χ4n) is 2.55. The van der Waals surface area contributed by atoms with Crippen LogP contribution in [0.25, 0.3) is 10.9 Å². The first kappa shape index (κ1) is 14.3. The minimum absolute atomic E-state index is 0.665. The van der Waals surface area contributed by atoms with Crippen LogP contribution in [0.2, 0.25) is 0 Å². The van der Waals surface area contributed by atoms with E-state index < -0.39 is 0 Å². The monoisotopic (exact) mass is 291 g/mol. The first-order valence-electron chi connectivity index (χ1n) is 7.32. The maximum Gasteiger partial charge on any atom is 0.212 e. The Kier molecular flexibility index (Phi) is 4.15. The molecule has 0 aliphatic rings. The van der Waals surface area contributed by atoms with Gasteiger partial charge in [-0.3, -0.25) is 0 Å². The molecule has 0 aliphatic heterocycles. The summed E-state index contributed by atoms with van der Waals surface area (Å²) in [5.74, 6) is 0. The van der Waals surface area contributed by atoms with Crippen LogP contribution in [0.5, 0.6) is 0 Å². The number of hydrogen-bond acceptors (Lipinski definition) is 2. The fraction of sp³-hybridized carbons (Fsp3) is 0.158. The summed E-state index contributed by atoms with van der Waals surface area (Å²) in [6, 6.07) is 20.9. The van der Waals surface area contributed by atoms with E-state index in [1.807, 2.05) is 0 Å². The van der Waals surface area contributed by atoms with Crippen molar-refractivity contribution < 1.29 is 9.40 Å². The van der Waals surface area contributed by atoms with Crippen LogP contribution in [0.15, 0.2) is 72.0 Å². The number of pyridine rings is 1. The molecule has 0 atom stereocenters. The summed E-state index contributed by atoms with van der Waals surface area (Å²) in [5.41, 5.74) is 4.40. The molecule has 0 N–H and O–H groups in total. The van der Waals surface area contributed by atoms with Crippen LogP contribution >= 0.6 is 0 Å². The van der Waals surface area contributed by atoms with Crippen LogP contribution in [-0.4, -0.2) is 12.8 Å². The predicted molar refractivity (Wildman–Crippen MR) is 88.9 cm³/mol. The lowest BCUT2D eigenvalue weighted by Crippen LogP contribution is -2.38. The zero-order valence-corrected chi connectivity index (χ0v) is 12.9. The van der Waals surface area contributed by atoms with Gasteiger partial charge in [-0.1, -0.05) is 47.1 Å². The van der Waals surface area contributed by atoms with E-state index >= 15 is 0 Å². The molecule has 3 nitrogen and oxygen atoms in total. The minimum Gasteiger partial charge on any atom is -0.399 e. The molecule has 0 bridgehead atoms. The van der Waals surface area contributed by atoms with Crippen LogP contribution in [0.1, 0.15) is 11.1 Å². The van der Waals surface area contributed by atoms with Gasteiger partial charge in [0.05, 0.1) is 0 Å². The van der Waals surface area contributed by atoms with Gasteiger partial charge < -0.3 is 4.84 Å². The van der Waals surface area contributed by atoms with Crippen molar-refractivity contribution >= 4 is 16.6 Å². The number of hydrogen-bond donors (Lipinski definition) is 0. The van der Waals surface area contributed by atoms with E-state index in [1.165, 1.54) is 16.5 Å². The van der Waals surface area contributed by atoms with Gasteiger partial charge in [0, 0.05) is 23.1 Å². The SMILES string of the molecule is CON=C(C[n+]1cccc2ccccc21)c1ccc(C)cc1. The van der Waals surface area contributed by atoms with Gasteiger partial charge in [0.2, 0.25) is 5.52 Å². The fourth-order valence-corrected chi connectivity index (χ4v) is 2.55. The largest absolute Gasteiger partial charge is 0.399 e. The van der Waals surface area contributed by atoms with E-state index in [1.54, 1.807) is 7.11 Å². The summed E-state index contributed by atoms with van der Waals surface area (Å²) in [4.78, 5) is 5.05. The van der Waals surface area contributed by atoms with Crippen molar-refractivity contribution in [2.45, 2.75) is 13.5 Å². The molecule has 2 aromatic carbocycles. The Bertz CT molecular complexity index is 802. The number of nitrogens with zero attached hydrogens (tertiary/aromatic N) is 2. The number of rotatable bonds is 4. The second-order valence-corrected chi connectivity index (χ2v) is 5.28. The van der Waals surface area contributed by atoms with Crippen LogP contribution in [0, 0.1) is 6.92 Å². The molecule has 1 aromatic heterocycles. The molecule has 3 aromatic rings. The van der Waals surface area contributed by atoms with Crippen molar-refractivity contribution in [2.75, 3.05) is 7.11 Å². The quantitative estimate of drug-likeness (QED) is 0.410. The van der Waals surface area contributed by atoms with E-state index in [0.29, 0.717) is 6.54 Å². The minimum atomic E-state index is 0.665. The highest BCUT2D eigenvalue weighted by molar-refractivity contribution is 5.99. The molecular weight excluding hydrogens is 272 g/mol. The lowest BCUT2D eigenvalue weighted by Gasteiger charge is -2.05. The summed E-state index contributed by atoms with van der Waals surface area (Å²) < 4.78 is 2.19. The third kappa shape index (κ3) is 2.98. The molecule has 1 heterocycles. The second kappa shape index (κ2) is 6.39. The number of oxime groups is 1. The van der Waals surface area contributed by atoms with Gasteiger partial charge in [-0.2, -0.15) is 4.57 Å². The molecule has 0 spiro atoms. The average Bonchev–Trinajstić information content (AvgIpc) is 2.55. The molecule has 0 aliphatic carbocycles. The standard InChI is InChI=1S/C19H19N2O/c1-15-9-11-16(12-10-15)18(20-22-2)14-21-13-5-7-17-6-3-4-8-19(17)21/h3-13H,14H2,1-2H3/q+1. The Labute approximate surface area is 130 Å². The Morgan fingerprint density at radius 1 is 1.00 bits per heavy atom. The second-order valence-electron chi connectivity index (χ2n) is 5.28.